The van der Waals surface area contributed by atoms with E-state index in [1.165, 1.54) is 25.3 Å². The molecule has 0 radical (unpaired) electrons. The zero-order valence-corrected chi connectivity index (χ0v) is 15.4. The first-order valence-electron chi connectivity index (χ1n) is 7.99. The van der Waals surface area contributed by atoms with Crippen LogP contribution < -0.4 is 20.1 Å². The van der Waals surface area contributed by atoms with Crippen molar-refractivity contribution in [3.05, 3.63) is 72.8 Å². The van der Waals surface area contributed by atoms with Crippen molar-refractivity contribution in [2.75, 3.05) is 14.2 Å². The Hall–Kier alpha value is -2.43. The molecule has 0 aromatic heterocycles. The van der Waals surface area contributed by atoms with Gasteiger partial charge in [-0.3, -0.25) is 0 Å². The van der Waals surface area contributed by atoms with Gasteiger partial charge in [-0.1, -0.05) is 0 Å². The molecule has 6 heteroatoms. The van der Waals surface area contributed by atoms with Crippen LogP contribution in [-0.4, -0.2) is 28.9 Å². The van der Waals surface area contributed by atoms with Crippen molar-refractivity contribution in [3.8, 4) is 22.6 Å². The number of hydrogen-bond donors (Lipinski definition) is 3. The van der Waals surface area contributed by atoms with Gasteiger partial charge in [0.05, 0.1) is 0 Å². The fourth-order valence-electron chi connectivity index (χ4n) is 2.84. The Morgan fingerprint density at radius 1 is 0.654 bits per heavy atom. The van der Waals surface area contributed by atoms with Gasteiger partial charge in [0.2, 0.25) is 0 Å². The van der Waals surface area contributed by atoms with Crippen LogP contribution in [0.3, 0.4) is 0 Å². The molecule has 0 fully saturated rings. The molecule has 0 bridgehead atoms. The summed E-state index contributed by atoms with van der Waals surface area (Å²) in [4.78, 5) is 33.0. The standard InChI is InChI=1S/C20H21O5P/c1-24-16-9-7-15(8-10-16)19-5-3-4-6-20(19)26(21,22,23)18-13-11-17(25-2)12-14-18/h3-14,21-23H,1-2H3. The van der Waals surface area contributed by atoms with Gasteiger partial charge in [0.1, 0.15) is 0 Å². The summed E-state index contributed by atoms with van der Waals surface area (Å²) in [6, 6.07) is 20.0. The van der Waals surface area contributed by atoms with E-state index in [2.05, 4.69) is 0 Å². The summed E-state index contributed by atoms with van der Waals surface area (Å²) in [6.45, 7) is 0. The third-order valence-electron chi connectivity index (χ3n) is 4.30. The second kappa shape index (κ2) is 6.71. The molecule has 3 N–H and O–H groups in total. The predicted molar refractivity (Wildman–Crippen MR) is 104 cm³/mol. The summed E-state index contributed by atoms with van der Waals surface area (Å²) >= 11 is 0. The molecule has 3 aromatic rings. The Balaban J connectivity index is 2.15. The zero-order valence-electron chi connectivity index (χ0n) is 14.5. The summed E-state index contributed by atoms with van der Waals surface area (Å²) in [6.07, 6.45) is 0. The van der Waals surface area contributed by atoms with Crippen LogP contribution in [0.4, 0.5) is 0 Å². The topological polar surface area (TPSA) is 79.2 Å². The summed E-state index contributed by atoms with van der Waals surface area (Å²) < 4.78 is 10.3. The molecule has 26 heavy (non-hydrogen) atoms. The van der Waals surface area contributed by atoms with Gasteiger partial charge >= 0.3 is 152 Å². The number of ether oxygens (including phenoxy) is 2. The molecule has 0 aliphatic heterocycles. The van der Waals surface area contributed by atoms with E-state index >= 15 is 0 Å². The molecule has 0 amide bonds. The summed E-state index contributed by atoms with van der Waals surface area (Å²) in [5.41, 5.74) is 1.28. The van der Waals surface area contributed by atoms with Crippen molar-refractivity contribution < 1.29 is 24.2 Å². The molecule has 3 aromatic carbocycles. The van der Waals surface area contributed by atoms with Gasteiger partial charge in [-0.15, -0.1) is 0 Å². The van der Waals surface area contributed by atoms with Crippen LogP contribution in [0.25, 0.3) is 11.1 Å². The minimum absolute atomic E-state index is 0.0396. The van der Waals surface area contributed by atoms with Crippen LogP contribution in [0.15, 0.2) is 72.8 Å². The molecular weight excluding hydrogens is 351 g/mol. The summed E-state index contributed by atoms with van der Waals surface area (Å²) in [5, 5.41) is 0.117. The maximum atomic E-state index is 11.0. The van der Waals surface area contributed by atoms with Crippen molar-refractivity contribution in [3.63, 3.8) is 0 Å². The Bertz CT molecular complexity index is 896. The van der Waals surface area contributed by atoms with Crippen molar-refractivity contribution in [1.29, 1.82) is 0 Å². The average molecular weight is 372 g/mol. The van der Waals surface area contributed by atoms with E-state index in [9.17, 15) is 14.7 Å². The van der Waals surface area contributed by atoms with Crippen LogP contribution in [0.1, 0.15) is 0 Å². The fourth-order valence-corrected chi connectivity index (χ4v) is 4.83. The van der Waals surface area contributed by atoms with E-state index in [1.807, 2.05) is 0 Å². The second-order valence-electron chi connectivity index (χ2n) is 5.92. The molecule has 0 atom stereocenters. The minimum atomic E-state index is -5.32. The van der Waals surface area contributed by atoms with Crippen molar-refractivity contribution in [1.82, 2.24) is 0 Å². The maximum absolute atomic E-state index is 11.0. The van der Waals surface area contributed by atoms with Gasteiger partial charge < -0.3 is 0 Å². The van der Waals surface area contributed by atoms with Crippen LogP contribution in [0, 0.1) is 0 Å². The van der Waals surface area contributed by atoms with E-state index in [0.29, 0.717) is 17.1 Å². The van der Waals surface area contributed by atoms with Crippen molar-refractivity contribution in [2.24, 2.45) is 0 Å². The first-order chi connectivity index (χ1) is 12.3. The molecule has 0 unspecified atom stereocenters. The van der Waals surface area contributed by atoms with Crippen LogP contribution in [-0.2, 0) is 0 Å². The molecule has 0 aliphatic carbocycles. The second-order valence-corrected chi connectivity index (χ2v) is 8.88. The van der Waals surface area contributed by atoms with Crippen LogP contribution in [0.2, 0.25) is 0 Å². The fraction of sp³-hybridized carbons (Fsp3) is 0.100. The quantitative estimate of drug-likeness (QED) is 0.600. The van der Waals surface area contributed by atoms with E-state index in [0.717, 1.165) is 5.56 Å². The third-order valence-corrected chi connectivity index (χ3v) is 6.82. The molecule has 0 spiro atoms. The Morgan fingerprint density at radius 2 is 1.15 bits per heavy atom. The Labute approximate surface area is 152 Å². The van der Waals surface area contributed by atoms with Gasteiger partial charge in [-0.25, -0.2) is 0 Å². The van der Waals surface area contributed by atoms with E-state index in [-0.39, 0.29) is 10.6 Å². The first-order valence-corrected chi connectivity index (χ1v) is 10.1. The normalized spacial score (nSPS) is 12.9. The number of rotatable bonds is 5. The molecule has 136 valence electrons. The SMILES string of the molecule is COc1ccc(-c2ccccc2P(O)(O)(O)c2ccc(OC)cc2)cc1. The number of benzene rings is 3. The van der Waals surface area contributed by atoms with Crippen LogP contribution >= 0.6 is 7.28 Å². The van der Waals surface area contributed by atoms with E-state index in [1.54, 1.807) is 61.7 Å². The zero-order chi connectivity index (χ0) is 18.8. The monoisotopic (exact) mass is 372 g/mol. The Kier molecular flexibility index (Phi) is 4.74. The number of methoxy groups -OCH3 is 2. The molecule has 0 heterocycles. The predicted octanol–water partition coefficient (Wildman–Crippen LogP) is 2.60. The summed E-state index contributed by atoms with van der Waals surface area (Å²) in [7, 11) is -2.22. The van der Waals surface area contributed by atoms with E-state index in [4.69, 9.17) is 9.47 Å². The molecule has 0 saturated heterocycles. The van der Waals surface area contributed by atoms with Gasteiger partial charge in [0, 0.05) is 0 Å². The first kappa shape index (κ1) is 18.4. The van der Waals surface area contributed by atoms with Crippen molar-refractivity contribution in [2.45, 2.75) is 0 Å². The molecule has 0 aliphatic rings. The number of hydrogen-bond acceptors (Lipinski definition) is 5. The molecule has 0 saturated carbocycles. The average Bonchev–Trinajstić information content (AvgIpc) is 2.68. The van der Waals surface area contributed by atoms with Gasteiger partial charge in [0.25, 0.3) is 0 Å². The molecular formula is C20H21O5P. The van der Waals surface area contributed by atoms with Crippen molar-refractivity contribution >= 4 is 17.9 Å². The van der Waals surface area contributed by atoms with E-state index < -0.39 is 7.28 Å². The van der Waals surface area contributed by atoms with Crippen LogP contribution in [0.5, 0.6) is 11.5 Å². The van der Waals surface area contributed by atoms with Gasteiger partial charge in [-0.2, -0.15) is 0 Å². The molecule has 5 nitrogen and oxygen atoms in total. The third kappa shape index (κ3) is 3.30. The van der Waals surface area contributed by atoms with Gasteiger partial charge in [-0.05, 0) is 0 Å². The Morgan fingerprint density at radius 3 is 1.69 bits per heavy atom. The molecule has 3 rings (SSSR count). The summed E-state index contributed by atoms with van der Waals surface area (Å²) in [5.74, 6) is 1.25. The van der Waals surface area contributed by atoms with Gasteiger partial charge in [0.15, 0.2) is 0 Å².